The molecule has 1 heterocycles. The molecule has 0 saturated carbocycles. The third kappa shape index (κ3) is 6.34. The summed E-state index contributed by atoms with van der Waals surface area (Å²) in [5.41, 5.74) is 1.80. The molecule has 0 radical (unpaired) electrons. The molecule has 1 aromatic carbocycles. The topological polar surface area (TPSA) is 71.7 Å². The molecular weight excluding hydrogens is 342 g/mol. The van der Waals surface area contributed by atoms with Gasteiger partial charge in [0, 0.05) is 19.7 Å². The van der Waals surface area contributed by atoms with E-state index in [9.17, 15) is 8.78 Å². The molecule has 2 N–H and O–H groups in total. The molecule has 2 aromatic rings. The molecule has 0 aliphatic carbocycles. The summed E-state index contributed by atoms with van der Waals surface area (Å²) >= 11 is 0. The summed E-state index contributed by atoms with van der Waals surface area (Å²) in [7, 11) is 1.66. The quantitative estimate of drug-likeness (QED) is 0.554. The van der Waals surface area contributed by atoms with Crippen molar-refractivity contribution >= 4 is 5.96 Å². The van der Waals surface area contributed by atoms with Gasteiger partial charge in [-0.2, -0.15) is 0 Å². The summed E-state index contributed by atoms with van der Waals surface area (Å²) < 4.78 is 34.7. The van der Waals surface area contributed by atoms with E-state index in [0.29, 0.717) is 30.7 Å². The summed E-state index contributed by atoms with van der Waals surface area (Å²) in [5, 5.41) is 10.3. The number of guanidine groups is 1. The van der Waals surface area contributed by atoms with Gasteiger partial charge in [0.1, 0.15) is 12.4 Å². The van der Waals surface area contributed by atoms with Crippen LogP contribution in [0, 0.1) is 0 Å². The number of hydrogen-bond donors (Lipinski definition) is 2. The van der Waals surface area contributed by atoms with Gasteiger partial charge in [-0.1, -0.05) is 31.1 Å². The molecule has 26 heavy (non-hydrogen) atoms. The molecule has 8 heteroatoms. The Morgan fingerprint density at radius 1 is 1.23 bits per heavy atom. The maximum atomic E-state index is 12.2. The first kappa shape index (κ1) is 19.7. The van der Waals surface area contributed by atoms with Crippen LogP contribution in [0.15, 0.2) is 39.8 Å². The Hall–Kier alpha value is -2.64. The van der Waals surface area contributed by atoms with E-state index in [-0.39, 0.29) is 0 Å². The Kier molecular flexibility index (Phi) is 7.37. The van der Waals surface area contributed by atoms with Crippen LogP contribution in [0.25, 0.3) is 0 Å². The van der Waals surface area contributed by atoms with Gasteiger partial charge in [-0.15, -0.1) is 0 Å². The van der Waals surface area contributed by atoms with Gasteiger partial charge >= 0.3 is 0 Å². The lowest BCUT2D eigenvalue weighted by Crippen LogP contribution is -2.36. The number of alkyl halides is 2. The van der Waals surface area contributed by atoms with Crippen LogP contribution in [0.1, 0.15) is 36.8 Å². The molecule has 0 bridgehead atoms. The average Bonchev–Trinajstić information content (AvgIpc) is 3.10. The normalized spacial score (nSPS) is 11.9. The zero-order chi connectivity index (χ0) is 18.9. The van der Waals surface area contributed by atoms with E-state index in [1.807, 2.05) is 12.1 Å². The maximum Gasteiger partial charge on any atom is 0.272 e. The number of aliphatic imine (C=N–C) groups is 1. The fraction of sp³-hybridized carbons (Fsp3) is 0.444. The predicted molar refractivity (Wildman–Crippen MR) is 95.6 cm³/mol. The molecule has 6 nitrogen and oxygen atoms in total. The Morgan fingerprint density at radius 2 is 2.00 bits per heavy atom. The number of hydrogen-bond acceptors (Lipinski definition) is 4. The van der Waals surface area contributed by atoms with Crippen LogP contribution in [0.4, 0.5) is 8.78 Å². The highest BCUT2D eigenvalue weighted by Gasteiger charge is 2.08. The van der Waals surface area contributed by atoms with Crippen molar-refractivity contribution < 1.29 is 18.0 Å². The summed E-state index contributed by atoms with van der Waals surface area (Å²) in [6, 6.07) is 8.91. The van der Waals surface area contributed by atoms with E-state index < -0.39 is 13.0 Å². The summed E-state index contributed by atoms with van der Waals surface area (Å²) in [6.45, 7) is 4.41. The fourth-order valence-corrected chi connectivity index (χ4v) is 2.17. The first-order chi connectivity index (χ1) is 12.5. The number of ether oxygens (including phenoxy) is 1. The van der Waals surface area contributed by atoms with Crippen LogP contribution < -0.4 is 15.4 Å². The minimum atomic E-state index is -2.49. The Bertz CT molecular complexity index is 717. The molecule has 0 unspecified atom stereocenters. The SMILES string of the molecule is CN=C(NCc1cccc(OCC(F)F)c1)NCc1cc(C(C)C)no1. The second-order valence-electron chi connectivity index (χ2n) is 6.00. The van der Waals surface area contributed by atoms with E-state index in [1.54, 1.807) is 25.2 Å². The smallest absolute Gasteiger partial charge is 0.272 e. The van der Waals surface area contributed by atoms with E-state index in [2.05, 4.69) is 34.6 Å². The maximum absolute atomic E-state index is 12.2. The van der Waals surface area contributed by atoms with Crippen molar-refractivity contribution in [1.82, 2.24) is 15.8 Å². The fourth-order valence-electron chi connectivity index (χ4n) is 2.17. The number of benzene rings is 1. The standard InChI is InChI=1S/C18H24F2N4O2/c1-12(2)16-8-15(26-24-16)10-23-18(21-3)22-9-13-5-4-6-14(7-13)25-11-17(19)20/h4-8,12,17H,9-11H2,1-3H3,(H2,21,22,23). The number of nitrogens with one attached hydrogen (secondary N) is 2. The third-order valence-corrected chi connectivity index (χ3v) is 3.56. The summed E-state index contributed by atoms with van der Waals surface area (Å²) in [4.78, 5) is 4.14. The van der Waals surface area contributed by atoms with Crippen LogP contribution in [0.2, 0.25) is 0 Å². The average molecular weight is 366 g/mol. The zero-order valence-electron chi connectivity index (χ0n) is 15.1. The Morgan fingerprint density at radius 3 is 2.65 bits per heavy atom. The van der Waals surface area contributed by atoms with Gasteiger partial charge in [-0.25, -0.2) is 8.78 Å². The van der Waals surface area contributed by atoms with Crippen molar-refractivity contribution in [2.75, 3.05) is 13.7 Å². The monoisotopic (exact) mass is 366 g/mol. The molecule has 0 atom stereocenters. The third-order valence-electron chi connectivity index (χ3n) is 3.56. The van der Waals surface area contributed by atoms with Crippen molar-refractivity contribution in [1.29, 1.82) is 0 Å². The second kappa shape index (κ2) is 9.74. The predicted octanol–water partition coefficient (Wildman–Crippen LogP) is 3.31. The minimum absolute atomic E-state index is 0.310. The van der Waals surface area contributed by atoms with Gasteiger partial charge in [0.05, 0.1) is 12.2 Å². The van der Waals surface area contributed by atoms with Crippen molar-refractivity contribution in [3.63, 3.8) is 0 Å². The van der Waals surface area contributed by atoms with Crippen LogP contribution >= 0.6 is 0 Å². The molecule has 0 fully saturated rings. The van der Waals surface area contributed by atoms with Crippen LogP contribution in [0.5, 0.6) is 5.75 Å². The van der Waals surface area contributed by atoms with Gasteiger partial charge in [-0.05, 0) is 23.6 Å². The van der Waals surface area contributed by atoms with Gasteiger partial charge < -0.3 is 19.9 Å². The van der Waals surface area contributed by atoms with Crippen molar-refractivity contribution in [2.45, 2.75) is 39.3 Å². The molecule has 0 spiro atoms. The summed E-state index contributed by atoms with van der Waals surface area (Å²) in [5.74, 6) is 2.03. The van der Waals surface area contributed by atoms with Gasteiger partial charge in [-0.3, -0.25) is 4.99 Å². The van der Waals surface area contributed by atoms with Crippen molar-refractivity contribution in [2.24, 2.45) is 4.99 Å². The molecule has 0 aliphatic rings. The highest BCUT2D eigenvalue weighted by atomic mass is 19.3. The van der Waals surface area contributed by atoms with Crippen molar-refractivity contribution in [3.05, 3.63) is 47.3 Å². The highest BCUT2D eigenvalue weighted by molar-refractivity contribution is 5.79. The molecule has 0 saturated heterocycles. The first-order valence-corrected chi connectivity index (χ1v) is 8.37. The lowest BCUT2D eigenvalue weighted by Gasteiger charge is -2.12. The van der Waals surface area contributed by atoms with Crippen LogP contribution in [0.3, 0.4) is 0 Å². The number of rotatable bonds is 8. The number of nitrogens with zero attached hydrogens (tertiary/aromatic N) is 2. The largest absolute Gasteiger partial charge is 0.488 e. The van der Waals surface area contributed by atoms with E-state index in [0.717, 1.165) is 17.0 Å². The van der Waals surface area contributed by atoms with E-state index in [4.69, 9.17) is 9.26 Å². The Labute approximate surface area is 151 Å². The highest BCUT2D eigenvalue weighted by Crippen LogP contribution is 2.15. The number of halogens is 2. The van der Waals surface area contributed by atoms with Gasteiger partial charge in [0.25, 0.3) is 6.43 Å². The van der Waals surface area contributed by atoms with Gasteiger partial charge in [0.15, 0.2) is 11.7 Å². The molecule has 0 amide bonds. The molecule has 0 aliphatic heterocycles. The summed E-state index contributed by atoms with van der Waals surface area (Å²) in [6.07, 6.45) is -2.49. The Balaban J connectivity index is 1.83. The molecule has 142 valence electrons. The first-order valence-electron chi connectivity index (χ1n) is 8.37. The minimum Gasteiger partial charge on any atom is -0.488 e. The molecule has 1 aromatic heterocycles. The second-order valence-corrected chi connectivity index (χ2v) is 6.00. The zero-order valence-corrected chi connectivity index (χ0v) is 15.1. The van der Waals surface area contributed by atoms with E-state index in [1.165, 1.54) is 0 Å². The lowest BCUT2D eigenvalue weighted by atomic mass is 10.1. The van der Waals surface area contributed by atoms with Crippen molar-refractivity contribution in [3.8, 4) is 5.75 Å². The number of aromatic nitrogens is 1. The lowest BCUT2D eigenvalue weighted by molar-refractivity contribution is 0.0818. The molecule has 2 rings (SSSR count). The van der Waals surface area contributed by atoms with Gasteiger partial charge in [0.2, 0.25) is 0 Å². The van der Waals surface area contributed by atoms with Crippen LogP contribution in [-0.2, 0) is 13.1 Å². The van der Waals surface area contributed by atoms with E-state index >= 15 is 0 Å². The molecular formula is C18H24F2N4O2. The van der Waals surface area contributed by atoms with Crippen LogP contribution in [-0.4, -0.2) is 31.2 Å².